The Morgan fingerprint density at radius 3 is 2.37 bits per heavy atom. The van der Waals surface area contributed by atoms with Crippen LogP contribution in [0.25, 0.3) is 0 Å². The lowest BCUT2D eigenvalue weighted by Gasteiger charge is -2.47. The number of carbonyl (C=O) groups excluding carboxylic acids is 3. The van der Waals surface area contributed by atoms with Crippen molar-refractivity contribution in [3.63, 3.8) is 0 Å². The maximum Gasteiger partial charge on any atom is 0.282 e. The van der Waals surface area contributed by atoms with Crippen molar-refractivity contribution in [3.05, 3.63) is 86.0 Å². The largest absolute Gasteiger partial charge is 0.379 e. The number of anilines is 2. The Labute approximate surface area is 305 Å². The van der Waals surface area contributed by atoms with E-state index in [0.717, 1.165) is 77.1 Å². The van der Waals surface area contributed by atoms with Gasteiger partial charge in [-0.3, -0.25) is 24.5 Å². The number of nitrogens with one attached hydrogen (secondary N) is 2. The van der Waals surface area contributed by atoms with Crippen LogP contribution in [0.2, 0.25) is 0 Å². The summed E-state index contributed by atoms with van der Waals surface area (Å²) in [6.45, 7) is 4.85. The number of likely N-dealkylation sites (N-methyl/N-ethyl adjacent to an activating group) is 1. The zero-order valence-corrected chi connectivity index (χ0v) is 30.8. The molecule has 13 heteroatoms. The summed E-state index contributed by atoms with van der Waals surface area (Å²) in [6, 6.07) is 13.3. The summed E-state index contributed by atoms with van der Waals surface area (Å²) >= 11 is 3.42. The van der Waals surface area contributed by atoms with Gasteiger partial charge in [0, 0.05) is 75.6 Å². The number of hydrogen-bond acceptors (Lipinski definition) is 8. The number of benzene rings is 2. The number of likely N-dealkylation sites (tertiary alicyclic amines) is 2. The van der Waals surface area contributed by atoms with Crippen LogP contribution in [0.15, 0.2) is 57.9 Å². The van der Waals surface area contributed by atoms with Gasteiger partial charge in [0.2, 0.25) is 11.8 Å². The molecule has 4 aliphatic heterocycles. The van der Waals surface area contributed by atoms with Gasteiger partial charge in [0.25, 0.3) is 11.5 Å². The highest BCUT2D eigenvalue weighted by molar-refractivity contribution is 9.10. The molecule has 0 bridgehead atoms. The minimum Gasteiger partial charge on any atom is -0.379 e. The molecule has 270 valence electrons. The van der Waals surface area contributed by atoms with Gasteiger partial charge in [-0.25, -0.2) is 9.07 Å². The first-order valence-electron chi connectivity index (χ1n) is 17.9. The number of amides is 3. The van der Waals surface area contributed by atoms with Gasteiger partial charge in [-0.05, 0) is 103 Å². The first-order valence-corrected chi connectivity index (χ1v) is 18.7. The lowest BCUT2D eigenvalue weighted by atomic mass is 9.71. The van der Waals surface area contributed by atoms with Crippen LogP contribution in [-0.2, 0) is 16.6 Å². The van der Waals surface area contributed by atoms with E-state index in [0.29, 0.717) is 27.7 Å². The van der Waals surface area contributed by atoms with Crippen molar-refractivity contribution in [3.8, 4) is 0 Å². The van der Waals surface area contributed by atoms with Crippen molar-refractivity contribution < 1.29 is 18.8 Å². The minimum absolute atomic E-state index is 0.0729. The molecular weight excluding hydrogens is 717 g/mol. The fourth-order valence-corrected chi connectivity index (χ4v) is 8.96. The van der Waals surface area contributed by atoms with Gasteiger partial charge >= 0.3 is 0 Å². The second-order valence-corrected chi connectivity index (χ2v) is 15.7. The average Bonchev–Trinajstić information content (AvgIpc) is 3.12. The van der Waals surface area contributed by atoms with Gasteiger partial charge in [0.1, 0.15) is 10.3 Å². The van der Waals surface area contributed by atoms with Gasteiger partial charge in [-0.15, -0.1) is 0 Å². The molecule has 7 rings (SSSR count). The van der Waals surface area contributed by atoms with Crippen LogP contribution < -0.4 is 21.1 Å². The van der Waals surface area contributed by atoms with Gasteiger partial charge in [-0.2, -0.15) is 5.10 Å². The first kappa shape index (κ1) is 35.3. The Kier molecular flexibility index (Phi) is 10.0. The topological polar surface area (TPSA) is 120 Å². The summed E-state index contributed by atoms with van der Waals surface area (Å²) in [5, 5.41) is 9.99. The molecule has 3 atom stereocenters. The van der Waals surface area contributed by atoms with Gasteiger partial charge in [0.05, 0.1) is 17.8 Å². The number of nitrogens with zero attached hydrogens (tertiary/aromatic N) is 5. The number of aromatic nitrogens is 2. The van der Waals surface area contributed by atoms with Crippen molar-refractivity contribution >= 4 is 45.0 Å². The minimum atomic E-state index is -0.637. The van der Waals surface area contributed by atoms with E-state index in [9.17, 15) is 19.2 Å². The second-order valence-electron chi connectivity index (χ2n) is 14.9. The van der Waals surface area contributed by atoms with Crippen molar-refractivity contribution in [2.75, 3.05) is 56.5 Å². The normalized spacial score (nSPS) is 24.0. The highest BCUT2D eigenvalue weighted by Crippen LogP contribution is 2.43. The molecule has 3 amide bonds. The molecule has 3 aromatic rings. The molecule has 0 aliphatic carbocycles. The maximum atomic E-state index is 15.2. The van der Waals surface area contributed by atoms with E-state index in [1.54, 1.807) is 19.3 Å². The highest BCUT2D eigenvalue weighted by Gasteiger charge is 2.39. The van der Waals surface area contributed by atoms with E-state index in [2.05, 4.69) is 60.6 Å². The monoisotopic (exact) mass is 761 g/mol. The smallest absolute Gasteiger partial charge is 0.282 e. The molecule has 1 spiro atoms. The number of halogens is 2. The van der Waals surface area contributed by atoms with Crippen LogP contribution in [0.4, 0.5) is 15.8 Å². The molecule has 51 heavy (non-hydrogen) atoms. The Morgan fingerprint density at radius 1 is 0.980 bits per heavy atom. The zero-order valence-electron chi connectivity index (χ0n) is 29.2. The summed E-state index contributed by atoms with van der Waals surface area (Å²) in [4.78, 5) is 56.2. The summed E-state index contributed by atoms with van der Waals surface area (Å²) in [7, 11) is 3.73. The maximum absolute atomic E-state index is 15.2. The third-order valence-corrected chi connectivity index (χ3v) is 12.4. The summed E-state index contributed by atoms with van der Waals surface area (Å²) in [5.74, 6) is -1.42. The van der Waals surface area contributed by atoms with Crippen LogP contribution in [0.1, 0.15) is 78.3 Å². The Hall–Kier alpha value is -4.10. The van der Waals surface area contributed by atoms with Crippen LogP contribution in [0, 0.1) is 11.2 Å². The van der Waals surface area contributed by atoms with E-state index in [-0.39, 0.29) is 41.2 Å². The highest BCUT2D eigenvalue weighted by atomic mass is 79.9. The predicted molar refractivity (Wildman–Crippen MR) is 196 cm³/mol. The lowest BCUT2D eigenvalue weighted by molar-refractivity contribution is -0.134. The molecule has 3 unspecified atom stereocenters. The van der Waals surface area contributed by atoms with E-state index in [1.165, 1.54) is 16.3 Å². The number of carbonyl (C=O) groups is 3. The quantitative estimate of drug-likeness (QED) is 0.350. The van der Waals surface area contributed by atoms with Crippen molar-refractivity contribution in [2.45, 2.75) is 62.8 Å². The van der Waals surface area contributed by atoms with Crippen molar-refractivity contribution in [2.24, 2.45) is 12.5 Å². The Morgan fingerprint density at radius 2 is 1.69 bits per heavy atom. The average molecular weight is 763 g/mol. The lowest BCUT2D eigenvalue weighted by Crippen LogP contribution is -2.48. The first-order chi connectivity index (χ1) is 24.5. The van der Waals surface area contributed by atoms with Crippen molar-refractivity contribution in [1.82, 2.24) is 24.9 Å². The third-order valence-electron chi connectivity index (χ3n) is 11.6. The van der Waals surface area contributed by atoms with E-state index in [4.69, 9.17) is 0 Å². The molecule has 2 N–H and O–H groups in total. The third kappa shape index (κ3) is 7.46. The molecule has 0 saturated carbocycles. The summed E-state index contributed by atoms with van der Waals surface area (Å²) < 4.78 is 17.0. The molecule has 4 saturated heterocycles. The molecule has 4 aliphatic rings. The molecular formula is C38H45BrFN7O4. The molecule has 0 radical (unpaired) electrons. The fourth-order valence-electron chi connectivity index (χ4n) is 8.49. The summed E-state index contributed by atoms with van der Waals surface area (Å²) in [5.41, 5.74) is 3.76. The number of rotatable bonds is 6. The van der Waals surface area contributed by atoms with Gasteiger partial charge in [-0.1, -0.05) is 18.2 Å². The van der Waals surface area contributed by atoms with E-state index < -0.39 is 17.6 Å². The molecule has 1 aromatic heterocycles. The fraction of sp³-hybridized carbons (Fsp3) is 0.500. The van der Waals surface area contributed by atoms with Crippen molar-refractivity contribution in [1.29, 1.82) is 0 Å². The summed E-state index contributed by atoms with van der Waals surface area (Å²) in [6.07, 6.45) is 7.00. The number of piperidine rings is 4. The number of hydrogen-bond donors (Lipinski definition) is 2. The van der Waals surface area contributed by atoms with Crippen LogP contribution in [-0.4, -0.2) is 89.7 Å². The Bertz CT molecular complexity index is 1870. The Balaban J connectivity index is 0.911. The number of imide groups is 1. The second kappa shape index (κ2) is 14.5. The SMILES string of the molecule is CN1CC(Nc2cnn(C)c(=O)c2Br)CC(c2ccc(C(=O)N3CCC4(CC3)CCN(c3ccc(C5CCC(=O)NC5=O)c(F)c3)CC4)cc2)C1. The molecule has 2 aromatic carbocycles. The van der Waals surface area contributed by atoms with Crippen LogP contribution in [0.5, 0.6) is 0 Å². The van der Waals surface area contributed by atoms with E-state index in [1.807, 2.05) is 23.1 Å². The molecule has 4 fully saturated rings. The molecule has 11 nitrogen and oxygen atoms in total. The zero-order chi connectivity index (χ0) is 35.9. The standard InChI is InChI=1S/C38H45BrFN7O4/c1-44-22-26(19-27(23-44)42-32-21-41-45(2)37(51)34(32)39)24-3-5-25(6-4-24)36(50)47-17-13-38(14-18-47)11-15-46(16-12-38)28-7-8-29(31(40)20-28)30-9-10-33(48)43-35(30)49/h3-8,20-21,26-27,30,42H,9-19,22-23H2,1-2H3,(H,43,48,49). The van der Waals surface area contributed by atoms with Crippen LogP contribution >= 0.6 is 15.9 Å². The van der Waals surface area contributed by atoms with Gasteiger partial charge in [0.15, 0.2) is 0 Å². The van der Waals surface area contributed by atoms with E-state index >= 15 is 4.39 Å². The van der Waals surface area contributed by atoms with Gasteiger partial charge < -0.3 is 20.0 Å². The van der Waals surface area contributed by atoms with Crippen LogP contribution in [0.3, 0.4) is 0 Å². The molecule has 5 heterocycles. The predicted octanol–water partition coefficient (Wildman–Crippen LogP) is 4.62. The number of aryl methyl sites for hydroxylation is 1.